The van der Waals surface area contributed by atoms with Crippen molar-refractivity contribution in [3.05, 3.63) is 60.2 Å². The minimum Gasteiger partial charge on any atom is -0.461 e. The van der Waals surface area contributed by atoms with Crippen molar-refractivity contribution in [1.82, 2.24) is 9.55 Å². The van der Waals surface area contributed by atoms with Crippen LogP contribution in [0.2, 0.25) is 0 Å². The van der Waals surface area contributed by atoms with Crippen LogP contribution in [0.5, 0.6) is 0 Å². The minimum atomic E-state index is -1.33. The largest absolute Gasteiger partial charge is 0.461 e. The third kappa shape index (κ3) is 5.95. The smallest absolute Gasteiger partial charge is 0.331 e. The van der Waals surface area contributed by atoms with Gasteiger partial charge in [0.15, 0.2) is 0 Å². The number of aryl methyl sites for hydroxylation is 1. The van der Waals surface area contributed by atoms with E-state index in [4.69, 9.17) is 18.9 Å². The van der Waals surface area contributed by atoms with Crippen molar-refractivity contribution in [2.24, 2.45) is 30.7 Å². The van der Waals surface area contributed by atoms with Crippen LogP contribution in [-0.2, 0) is 35.6 Å². The average Bonchev–Trinajstić information content (AvgIpc) is 3.45. The lowest BCUT2D eigenvalue weighted by Crippen LogP contribution is -2.50. The number of allylic oxidation sites excluding steroid dienone is 2. The van der Waals surface area contributed by atoms with Crippen LogP contribution in [0, 0.1) is 23.7 Å². The van der Waals surface area contributed by atoms with Gasteiger partial charge in [0.2, 0.25) is 5.79 Å². The van der Waals surface area contributed by atoms with Crippen LogP contribution in [0.15, 0.2) is 54.6 Å². The molecule has 0 radical (unpaired) electrons. The quantitative estimate of drug-likeness (QED) is 0.316. The monoisotopic (exact) mass is 540 g/mol. The summed E-state index contributed by atoms with van der Waals surface area (Å²) >= 11 is 0. The Balaban J connectivity index is 1.77. The second-order valence-corrected chi connectivity index (χ2v) is 11.5. The van der Waals surface area contributed by atoms with E-state index in [1.807, 2.05) is 32.2 Å². The molecule has 0 saturated heterocycles. The number of fused-ring (bicyclic) bond motifs is 3. The van der Waals surface area contributed by atoms with Gasteiger partial charge >= 0.3 is 11.9 Å². The van der Waals surface area contributed by atoms with E-state index in [0.717, 1.165) is 0 Å². The molecule has 0 spiro atoms. The molecule has 0 unspecified atom stereocenters. The first-order valence-electron chi connectivity index (χ1n) is 13.4. The molecule has 0 aromatic carbocycles. The van der Waals surface area contributed by atoms with E-state index in [0.29, 0.717) is 17.7 Å². The summed E-state index contributed by atoms with van der Waals surface area (Å²) in [6, 6.07) is 0. The van der Waals surface area contributed by atoms with Gasteiger partial charge < -0.3 is 28.6 Å². The number of ether oxygens (including phenoxy) is 4. The van der Waals surface area contributed by atoms with Crippen LogP contribution in [0.25, 0.3) is 6.08 Å². The fraction of sp³-hybridized carbons (Fsp3) is 0.567. The first-order chi connectivity index (χ1) is 18.3. The summed E-state index contributed by atoms with van der Waals surface area (Å²) in [7, 11) is 3.38. The lowest BCUT2D eigenvalue weighted by molar-refractivity contribution is -0.229. The Hall–Kier alpha value is -3.01. The first kappa shape index (κ1) is 29.0. The molecule has 1 aliphatic carbocycles. The molecular formula is C30H40N2O7. The molecule has 1 aromatic heterocycles. The van der Waals surface area contributed by atoms with Crippen molar-refractivity contribution < 1.29 is 33.6 Å². The number of hydrogen-bond donors (Lipinski definition) is 1. The van der Waals surface area contributed by atoms with Crippen LogP contribution in [0.4, 0.5) is 0 Å². The summed E-state index contributed by atoms with van der Waals surface area (Å²) in [5.41, 5.74) is -1.02. The fourth-order valence-electron chi connectivity index (χ4n) is 5.92. The van der Waals surface area contributed by atoms with Crippen molar-refractivity contribution in [2.45, 2.75) is 64.1 Å². The Kier molecular flexibility index (Phi) is 8.08. The maximum atomic E-state index is 13.1. The maximum absolute atomic E-state index is 13.1. The van der Waals surface area contributed by atoms with E-state index < -0.39 is 35.0 Å². The number of aliphatic hydroxyl groups is 1. The van der Waals surface area contributed by atoms with Gasteiger partial charge in [0.05, 0.1) is 17.6 Å². The van der Waals surface area contributed by atoms with Gasteiger partial charge in [-0.05, 0) is 56.3 Å². The van der Waals surface area contributed by atoms with Gasteiger partial charge in [-0.2, -0.15) is 0 Å². The third-order valence-corrected chi connectivity index (χ3v) is 8.15. The Morgan fingerprint density at radius 3 is 2.64 bits per heavy atom. The third-order valence-electron chi connectivity index (χ3n) is 8.15. The van der Waals surface area contributed by atoms with E-state index in [-0.39, 0.29) is 30.3 Å². The van der Waals surface area contributed by atoms with Crippen molar-refractivity contribution in [3.63, 3.8) is 0 Å². The normalized spacial score (nSPS) is 37.1. The Labute approximate surface area is 230 Å². The molecule has 2 bridgehead atoms. The number of carbonyl (C=O) groups excluding carboxylic acids is 2. The van der Waals surface area contributed by atoms with Crippen LogP contribution >= 0.6 is 0 Å². The zero-order valence-corrected chi connectivity index (χ0v) is 23.8. The summed E-state index contributed by atoms with van der Waals surface area (Å²) in [4.78, 5) is 29.1. The van der Waals surface area contributed by atoms with Crippen molar-refractivity contribution >= 4 is 18.0 Å². The maximum Gasteiger partial charge on any atom is 0.331 e. The van der Waals surface area contributed by atoms with Crippen molar-refractivity contribution in [2.75, 3.05) is 13.7 Å². The second-order valence-electron chi connectivity index (χ2n) is 11.5. The Morgan fingerprint density at radius 1 is 1.28 bits per heavy atom. The predicted octanol–water partition coefficient (Wildman–Crippen LogP) is 3.75. The highest BCUT2D eigenvalue weighted by Gasteiger charge is 2.55. The average molecular weight is 541 g/mol. The van der Waals surface area contributed by atoms with Crippen molar-refractivity contribution in [3.8, 4) is 0 Å². The number of nitrogens with zero attached hydrogens (tertiary/aromatic N) is 2. The molecule has 0 amide bonds. The second kappa shape index (κ2) is 10.9. The molecule has 3 aliphatic rings. The number of imidazole rings is 1. The molecule has 0 fully saturated rings. The van der Waals surface area contributed by atoms with Gasteiger partial charge in [-0.15, -0.1) is 0 Å². The Morgan fingerprint density at radius 2 is 2.03 bits per heavy atom. The van der Waals surface area contributed by atoms with E-state index in [1.54, 1.807) is 36.2 Å². The van der Waals surface area contributed by atoms with E-state index in [2.05, 4.69) is 24.9 Å². The molecule has 3 heterocycles. The summed E-state index contributed by atoms with van der Waals surface area (Å²) in [6.07, 6.45) is 15.5. The molecule has 7 atom stereocenters. The van der Waals surface area contributed by atoms with Gasteiger partial charge in [0, 0.05) is 44.8 Å². The molecule has 2 aliphatic heterocycles. The summed E-state index contributed by atoms with van der Waals surface area (Å²) in [6.45, 7) is 9.19. The fourth-order valence-corrected chi connectivity index (χ4v) is 5.92. The van der Waals surface area contributed by atoms with Gasteiger partial charge in [-0.1, -0.05) is 32.1 Å². The number of methoxy groups -OCH3 is 1. The van der Waals surface area contributed by atoms with Gasteiger partial charge in [0.1, 0.15) is 18.3 Å². The van der Waals surface area contributed by atoms with Crippen LogP contribution in [0.3, 0.4) is 0 Å². The first-order valence-corrected chi connectivity index (χ1v) is 13.4. The number of carbonyl (C=O) groups is 2. The van der Waals surface area contributed by atoms with Crippen LogP contribution in [0.1, 0.15) is 46.7 Å². The number of aromatic nitrogens is 2. The summed E-state index contributed by atoms with van der Waals surface area (Å²) in [5, 5.41) is 11.6. The SMILES string of the molecule is CO[C@]12C=C[C@](C)(O1)[C@@H](OC(=O)/C=C/c1cn(C)cn1)C[C@@H]1[C@H](/C=C\2COC(C)=O)[C@@H](C(C)C)C=C[C@@]1(C)O. The van der Waals surface area contributed by atoms with E-state index in [9.17, 15) is 14.7 Å². The van der Waals surface area contributed by atoms with Crippen LogP contribution in [-0.4, -0.2) is 63.4 Å². The van der Waals surface area contributed by atoms with Crippen molar-refractivity contribution in [1.29, 1.82) is 0 Å². The van der Waals surface area contributed by atoms with E-state index >= 15 is 0 Å². The van der Waals surface area contributed by atoms with Gasteiger partial charge in [-0.3, -0.25) is 4.79 Å². The van der Waals surface area contributed by atoms with Gasteiger partial charge in [-0.25, -0.2) is 9.78 Å². The molecule has 9 heteroatoms. The lowest BCUT2D eigenvalue weighted by Gasteiger charge is -2.45. The molecule has 212 valence electrons. The topological polar surface area (TPSA) is 109 Å². The molecule has 0 saturated carbocycles. The molecule has 9 nitrogen and oxygen atoms in total. The number of hydrogen-bond acceptors (Lipinski definition) is 8. The highest BCUT2D eigenvalue weighted by atomic mass is 16.7. The Bertz CT molecular complexity index is 1210. The highest BCUT2D eigenvalue weighted by molar-refractivity contribution is 5.86. The van der Waals surface area contributed by atoms with Gasteiger partial charge in [0.25, 0.3) is 0 Å². The molecular weight excluding hydrogens is 500 g/mol. The summed E-state index contributed by atoms with van der Waals surface area (Å²) in [5.74, 6) is -2.48. The molecule has 1 aromatic rings. The zero-order valence-electron chi connectivity index (χ0n) is 23.8. The molecule has 39 heavy (non-hydrogen) atoms. The summed E-state index contributed by atoms with van der Waals surface area (Å²) < 4.78 is 25.8. The predicted molar refractivity (Wildman–Crippen MR) is 145 cm³/mol. The lowest BCUT2D eigenvalue weighted by atomic mass is 9.63. The highest BCUT2D eigenvalue weighted by Crippen LogP contribution is 2.50. The zero-order chi connectivity index (χ0) is 28.6. The standard InChI is InChI=1S/C30H40N2O7/c1-19(2)23-10-11-28(4,35)25-15-26(38-27(34)9-8-22-16-32(6)18-31-22)29(5)12-13-30(36-7,39-29)21(14-24(23)25)17-37-20(3)33/h8-14,16,18-19,23-26,35H,15,17H2,1-7H3/b9-8+,21-14-/t23-,24-,25-,26+,28-,29+,30-/m1/s1. The number of rotatable bonds is 7. The minimum absolute atomic E-state index is 0.0409. The molecule has 4 rings (SSSR count). The van der Waals surface area contributed by atoms with Crippen LogP contribution < -0.4 is 0 Å². The van der Waals surface area contributed by atoms with E-state index in [1.165, 1.54) is 20.1 Å². The molecule has 1 N–H and O–H groups in total. The number of esters is 2.